The minimum Gasteiger partial charge on any atom is -0.488 e. The maximum absolute atomic E-state index is 14.0. The summed E-state index contributed by atoms with van der Waals surface area (Å²) in [6.07, 6.45) is 1.84. The molecule has 7 heteroatoms. The predicted octanol–water partition coefficient (Wildman–Crippen LogP) is 5.81. The second-order valence-corrected chi connectivity index (χ2v) is 11.4. The molecule has 0 bridgehead atoms. The molecule has 1 aromatic heterocycles. The lowest BCUT2D eigenvalue weighted by molar-refractivity contribution is -0.139. The number of allylic oxidation sites excluding steroid dienone is 1. The molecule has 1 unspecified atom stereocenters. The van der Waals surface area contributed by atoms with Gasteiger partial charge in [0.15, 0.2) is 4.80 Å². The number of nitrogens with zero attached hydrogens (tertiary/aromatic N) is 2. The van der Waals surface area contributed by atoms with Gasteiger partial charge in [-0.3, -0.25) is 9.36 Å². The van der Waals surface area contributed by atoms with Crippen LogP contribution in [0.15, 0.2) is 93.9 Å². The van der Waals surface area contributed by atoms with E-state index in [2.05, 4.69) is 50.0 Å². The fraction of sp³-hybridized carbons (Fsp3) is 0.265. The minimum atomic E-state index is -0.637. The number of hydrogen-bond acceptors (Lipinski definition) is 6. The fourth-order valence-corrected chi connectivity index (χ4v) is 5.93. The molecule has 5 rings (SSSR count). The third-order valence-electron chi connectivity index (χ3n) is 7.16. The van der Waals surface area contributed by atoms with Crippen LogP contribution in [0, 0.1) is 6.92 Å². The molecule has 210 valence electrons. The Morgan fingerprint density at radius 2 is 1.73 bits per heavy atom. The number of ether oxygens (including phenoxy) is 2. The Hall–Kier alpha value is -4.23. The Kier molecular flexibility index (Phi) is 8.36. The Balaban J connectivity index is 1.59. The number of esters is 1. The molecule has 0 fully saturated rings. The van der Waals surface area contributed by atoms with E-state index in [-0.39, 0.29) is 12.2 Å². The number of carbonyl (C=O) groups excluding carboxylic acids is 1. The zero-order chi connectivity index (χ0) is 29.1. The SMILES string of the molecule is CCOC(=O)C1=C(C)N=c2sc(=Cc3ccccc3OCc3ccc(C)cc3)c(=O)n2C1c1ccc(C(C)C)cc1. The van der Waals surface area contributed by atoms with E-state index >= 15 is 0 Å². The standard InChI is InChI=1S/C34H34N2O4S/c1-6-39-33(38)30-23(5)35-34-36(31(30)26-17-15-25(16-18-26)21(2)3)32(37)29(41-34)19-27-9-7-8-10-28(27)40-20-24-13-11-22(4)12-14-24/h7-19,21,31H,6,20H2,1-5H3. The van der Waals surface area contributed by atoms with E-state index in [0.29, 0.717) is 38.9 Å². The van der Waals surface area contributed by atoms with Crippen LogP contribution in [0.1, 0.15) is 67.5 Å². The Morgan fingerprint density at radius 3 is 2.41 bits per heavy atom. The van der Waals surface area contributed by atoms with Crippen molar-refractivity contribution in [2.24, 2.45) is 4.99 Å². The van der Waals surface area contributed by atoms with E-state index in [9.17, 15) is 9.59 Å². The molecule has 0 saturated carbocycles. The number of carbonyl (C=O) groups is 1. The number of benzene rings is 3. The van der Waals surface area contributed by atoms with Gasteiger partial charge in [0.2, 0.25) is 0 Å². The van der Waals surface area contributed by atoms with E-state index in [1.807, 2.05) is 54.6 Å². The van der Waals surface area contributed by atoms with Gasteiger partial charge in [0.1, 0.15) is 12.4 Å². The van der Waals surface area contributed by atoms with Crippen molar-refractivity contribution in [1.29, 1.82) is 0 Å². The molecule has 1 aliphatic rings. The average Bonchev–Trinajstić information content (AvgIpc) is 3.26. The number of rotatable bonds is 8. The van der Waals surface area contributed by atoms with E-state index in [1.165, 1.54) is 22.5 Å². The molecular weight excluding hydrogens is 532 g/mol. The molecule has 0 radical (unpaired) electrons. The second kappa shape index (κ2) is 12.1. The third kappa shape index (κ3) is 5.95. The van der Waals surface area contributed by atoms with E-state index in [1.54, 1.807) is 18.4 Å². The molecule has 3 aromatic carbocycles. The average molecular weight is 567 g/mol. The summed E-state index contributed by atoms with van der Waals surface area (Å²) in [6.45, 7) is 10.5. The highest BCUT2D eigenvalue weighted by Crippen LogP contribution is 2.31. The number of fused-ring (bicyclic) bond motifs is 1. The van der Waals surface area contributed by atoms with Crippen molar-refractivity contribution in [1.82, 2.24) is 4.57 Å². The Labute approximate surface area is 243 Å². The van der Waals surface area contributed by atoms with Crippen LogP contribution < -0.4 is 19.6 Å². The first-order valence-electron chi connectivity index (χ1n) is 13.8. The van der Waals surface area contributed by atoms with Crippen molar-refractivity contribution in [2.75, 3.05) is 6.61 Å². The number of aromatic nitrogens is 1. The largest absolute Gasteiger partial charge is 0.488 e. The summed E-state index contributed by atoms with van der Waals surface area (Å²) in [5.41, 5.74) is 5.79. The maximum Gasteiger partial charge on any atom is 0.338 e. The van der Waals surface area contributed by atoms with Crippen LogP contribution in [0.3, 0.4) is 0 Å². The lowest BCUT2D eigenvalue weighted by atomic mass is 9.93. The Bertz CT molecular complexity index is 1780. The van der Waals surface area contributed by atoms with Gasteiger partial charge >= 0.3 is 5.97 Å². The second-order valence-electron chi connectivity index (χ2n) is 10.4. The molecule has 1 atom stereocenters. The normalized spacial score (nSPS) is 15.1. The molecule has 0 aliphatic carbocycles. The van der Waals surface area contributed by atoms with Crippen LogP contribution in [0.4, 0.5) is 0 Å². The van der Waals surface area contributed by atoms with E-state index in [0.717, 1.165) is 16.7 Å². The van der Waals surface area contributed by atoms with Crippen molar-refractivity contribution in [2.45, 2.75) is 53.2 Å². The van der Waals surface area contributed by atoms with E-state index < -0.39 is 12.0 Å². The summed E-state index contributed by atoms with van der Waals surface area (Å²) in [5, 5.41) is 0. The molecule has 0 amide bonds. The van der Waals surface area contributed by atoms with Gasteiger partial charge in [0, 0.05) is 5.56 Å². The van der Waals surface area contributed by atoms with Crippen LogP contribution in [0.25, 0.3) is 6.08 Å². The Morgan fingerprint density at radius 1 is 1.02 bits per heavy atom. The van der Waals surface area contributed by atoms with Crippen LogP contribution in [0.2, 0.25) is 0 Å². The first-order valence-corrected chi connectivity index (χ1v) is 14.7. The first-order chi connectivity index (χ1) is 19.8. The van der Waals surface area contributed by atoms with Crippen molar-refractivity contribution < 1.29 is 14.3 Å². The lowest BCUT2D eigenvalue weighted by Gasteiger charge is -2.25. The highest BCUT2D eigenvalue weighted by atomic mass is 32.1. The molecule has 1 aliphatic heterocycles. The number of aryl methyl sites for hydroxylation is 1. The number of hydrogen-bond donors (Lipinski definition) is 0. The highest BCUT2D eigenvalue weighted by Gasteiger charge is 2.33. The molecule has 0 N–H and O–H groups in total. The van der Waals surface area contributed by atoms with Crippen molar-refractivity contribution >= 4 is 23.4 Å². The van der Waals surface area contributed by atoms with Crippen LogP contribution in [-0.4, -0.2) is 17.1 Å². The molecule has 0 saturated heterocycles. The van der Waals surface area contributed by atoms with Crippen LogP contribution in [0.5, 0.6) is 5.75 Å². The number of para-hydroxylation sites is 1. The summed E-state index contributed by atoms with van der Waals surface area (Å²) in [4.78, 5) is 32.4. The van der Waals surface area contributed by atoms with Crippen molar-refractivity contribution in [3.63, 3.8) is 0 Å². The van der Waals surface area contributed by atoms with Crippen LogP contribution >= 0.6 is 11.3 Å². The maximum atomic E-state index is 14.0. The molecule has 2 heterocycles. The fourth-order valence-electron chi connectivity index (χ4n) is 4.89. The molecule has 0 spiro atoms. The predicted molar refractivity (Wildman–Crippen MR) is 163 cm³/mol. The van der Waals surface area contributed by atoms with Crippen molar-refractivity contribution in [3.8, 4) is 5.75 Å². The van der Waals surface area contributed by atoms with Gasteiger partial charge in [-0.1, -0.05) is 97.5 Å². The van der Waals surface area contributed by atoms with Gasteiger partial charge in [-0.2, -0.15) is 0 Å². The summed E-state index contributed by atoms with van der Waals surface area (Å²) in [5.74, 6) is 0.583. The quantitative estimate of drug-likeness (QED) is 0.253. The van der Waals surface area contributed by atoms with E-state index in [4.69, 9.17) is 9.47 Å². The summed E-state index contributed by atoms with van der Waals surface area (Å²) in [7, 11) is 0. The zero-order valence-electron chi connectivity index (χ0n) is 24.0. The summed E-state index contributed by atoms with van der Waals surface area (Å²) in [6, 6.07) is 23.3. The highest BCUT2D eigenvalue weighted by molar-refractivity contribution is 7.07. The molecule has 41 heavy (non-hydrogen) atoms. The first kappa shape index (κ1) is 28.3. The molecule has 6 nitrogen and oxygen atoms in total. The van der Waals surface area contributed by atoms with Gasteiger partial charge in [-0.05, 0) is 55.5 Å². The zero-order valence-corrected chi connectivity index (χ0v) is 24.8. The van der Waals surface area contributed by atoms with Crippen LogP contribution in [-0.2, 0) is 16.1 Å². The van der Waals surface area contributed by atoms with Crippen molar-refractivity contribution in [3.05, 3.63) is 132 Å². The smallest absolute Gasteiger partial charge is 0.338 e. The monoisotopic (exact) mass is 566 g/mol. The van der Waals surface area contributed by atoms with Gasteiger partial charge in [-0.15, -0.1) is 0 Å². The lowest BCUT2D eigenvalue weighted by Crippen LogP contribution is -2.39. The third-order valence-corrected chi connectivity index (χ3v) is 8.14. The summed E-state index contributed by atoms with van der Waals surface area (Å²) >= 11 is 1.31. The van der Waals surface area contributed by atoms with Gasteiger partial charge in [0.05, 0.1) is 28.5 Å². The molecule has 4 aromatic rings. The van der Waals surface area contributed by atoms with Gasteiger partial charge in [-0.25, -0.2) is 9.79 Å². The summed E-state index contributed by atoms with van der Waals surface area (Å²) < 4.78 is 13.7. The molecular formula is C34H34N2O4S. The minimum absolute atomic E-state index is 0.214. The van der Waals surface area contributed by atoms with Gasteiger partial charge in [0.25, 0.3) is 5.56 Å². The number of thiazole rings is 1. The van der Waals surface area contributed by atoms with Gasteiger partial charge < -0.3 is 9.47 Å². The topological polar surface area (TPSA) is 69.9 Å².